The van der Waals surface area contributed by atoms with Crippen LogP contribution in [0.25, 0.3) is 5.69 Å². The minimum Gasteiger partial charge on any atom is -0.478 e. The number of hydrogen-bond acceptors (Lipinski definition) is 5. The molecule has 2 aliphatic heterocycles. The van der Waals surface area contributed by atoms with E-state index >= 15 is 0 Å². The van der Waals surface area contributed by atoms with E-state index < -0.39 is 5.97 Å². The average molecular weight is 506 g/mol. The summed E-state index contributed by atoms with van der Waals surface area (Å²) in [5.41, 5.74) is 5.29. The number of benzene rings is 1. The van der Waals surface area contributed by atoms with Gasteiger partial charge in [-0.1, -0.05) is 12.1 Å². The molecule has 2 aliphatic rings. The predicted molar refractivity (Wildman–Crippen MR) is 142 cm³/mol. The molecule has 2 fully saturated rings. The van der Waals surface area contributed by atoms with Gasteiger partial charge in [0.25, 0.3) is 0 Å². The Morgan fingerprint density at radius 2 is 1.94 bits per heavy atom. The third kappa shape index (κ3) is 4.74. The van der Waals surface area contributed by atoms with Crippen molar-refractivity contribution in [2.24, 2.45) is 0 Å². The monoisotopic (exact) mass is 505 g/mol. The zero-order valence-electron chi connectivity index (χ0n) is 20.6. The van der Waals surface area contributed by atoms with E-state index in [1.807, 2.05) is 30.5 Å². The molecule has 2 saturated heterocycles. The lowest BCUT2D eigenvalue weighted by Crippen LogP contribution is -2.42. The van der Waals surface area contributed by atoms with E-state index in [2.05, 4.69) is 44.6 Å². The van der Waals surface area contributed by atoms with Crippen LogP contribution in [0, 0.1) is 13.8 Å². The molecule has 3 aromatic rings. The van der Waals surface area contributed by atoms with Gasteiger partial charge in [-0.25, -0.2) is 4.79 Å². The topological polar surface area (TPSA) is 82.9 Å². The second-order valence-corrected chi connectivity index (χ2v) is 9.68. The van der Waals surface area contributed by atoms with Gasteiger partial charge in [-0.15, -0.1) is 0 Å². The van der Waals surface area contributed by atoms with Crippen molar-refractivity contribution in [1.29, 1.82) is 0 Å². The summed E-state index contributed by atoms with van der Waals surface area (Å²) < 4.78 is 7.64. The Morgan fingerprint density at radius 1 is 1.14 bits per heavy atom. The van der Waals surface area contributed by atoms with Gasteiger partial charge in [0.15, 0.2) is 5.11 Å². The molecule has 8 nitrogen and oxygen atoms in total. The molecule has 0 bridgehead atoms. The maximum Gasteiger partial charge on any atom is 0.335 e. The molecule has 4 heterocycles. The lowest BCUT2D eigenvalue weighted by molar-refractivity contribution is 0.0350. The normalized spacial score (nSPS) is 20.5. The number of pyridine rings is 1. The van der Waals surface area contributed by atoms with E-state index in [1.165, 1.54) is 0 Å². The Morgan fingerprint density at radius 3 is 2.67 bits per heavy atom. The van der Waals surface area contributed by atoms with Crippen LogP contribution < -0.4 is 5.32 Å². The fraction of sp³-hybridized carbons (Fsp3) is 0.370. The summed E-state index contributed by atoms with van der Waals surface area (Å²) >= 11 is 5.86. The molecule has 5 rings (SSSR count). The molecule has 0 radical (unpaired) electrons. The van der Waals surface area contributed by atoms with Gasteiger partial charge in [-0.2, -0.15) is 0 Å². The van der Waals surface area contributed by atoms with E-state index in [1.54, 1.807) is 18.2 Å². The molecule has 0 unspecified atom stereocenters. The highest BCUT2D eigenvalue weighted by atomic mass is 32.1. The number of morpholine rings is 1. The number of nitrogens with zero attached hydrogens (tertiary/aromatic N) is 4. The highest BCUT2D eigenvalue weighted by Gasteiger charge is 2.41. The standard InChI is InChI=1S/C27H31N5O3S/c1-18-16-22(19(2)32(18)21-7-5-6-20(17-21)26(33)34)25-24(23-8-3-4-9-28-23)29-27(36)31(25)11-10-30-12-14-35-15-13-30/h3-9,16-17,24-25H,10-15H2,1-2H3,(H,29,36)(H,33,34)/t24-,25-/m0/s1. The van der Waals surface area contributed by atoms with Gasteiger partial charge in [0.2, 0.25) is 0 Å². The van der Waals surface area contributed by atoms with E-state index in [4.69, 9.17) is 17.0 Å². The Bertz CT molecular complexity index is 1260. The molecule has 1 aromatic carbocycles. The van der Waals surface area contributed by atoms with Gasteiger partial charge in [0, 0.05) is 49.5 Å². The molecule has 0 amide bonds. The number of carboxylic acids is 1. The fourth-order valence-electron chi connectivity index (χ4n) is 5.32. The first-order valence-corrected chi connectivity index (χ1v) is 12.7. The number of carbonyl (C=O) groups is 1. The van der Waals surface area contributed by atoms with Crippen molar-refractivity contribution in [2.75, 3.05) is 39.4 Å². The third-order valence-electron chi connectivity index (χ3n) is 7.10. The molecule has 2 N–H and O–H groups in total. The van der Waals surface area contributed by atoms with Crippen LogP contribution in [0.4, 0.5) is 0 Å². The first-order chi connectivity index (χ1) is 17.4. The van der Waals surface area contributed by atoms with Gasteiger partial charge < -0.3 is 24.6 Å². The van der Waals surface area contributed by atoms with E-state index in [0.717, 1.165) is 72.8 Å². The molecule has 36 heavy (non-hydrogen) atoms. The average Bonchev–Trinajstić information content (AvgIpc) is 3.38. The van der Waals surface area contributed by atoms with Crippen molar-refractivity contribution >= 4 is 23.3 Å². The van der Waals surface area contributed by atoms with Crippen molar-refractivity contribution in [3.8, 4) is 5.69 Å². The predicted octanol–water partition coefficient (Wildman–Crippen LogP) is 3.49. The molecule has 2 aromatic heterocycles. The van der Waals surface area contributed by atoms with Gasteiger partial charge in [-0.3, -0.25) is 9.88 Å². The Labute approximate surface area is 216 Å². The second-order valence-electron chi connectivity index (χ2n) is 9.29. The first-order valence-electron chi connectivity index (χ1n) is 12.2. The number of rotatable bonds is 7. The fourth-order valence-corrected chi connectivity index (χ4v) is 5.65. The molecule has 0 saturated carbocycles. The lowest BCUT2D eigenvalue weighted by atomic mass is 9.96. The van der Waals surface area contributed by atoms with Crippen molar-refractivity contribution in [2.45, 2.75) is 25.9 Å². The maximum absolute atomic E-state index is 11.6. The van der Waals surface area contributed by atoms with Gasteiger partial charge in [-0.05, 0) is 68.0 Å². The second kappa shape index (κ2) is 10.4. The highest BCUT2D eigenvalue weighted by molar-refractivity contribution is 7.80. The summed E-state index contributed by atoms with van der Waals surface area (Å²) in [4.78, 5) is 20.9. The Kier molecular flexibility index (Phi) is 7.04. The summed E-state index contributed by atoms with van der Waals surface area (Å²) in [6.45, 7) is 9.21. The Hall–Kier alpha value is -3.27. The van der Waals surface area contributed by atoms with Crippen LogP contribution in [0.3, 0.4) is 0 Å². The maximum atomic E-state index is 11.6. The summed E-state index contributed by atoms with van der Waals surface area (Å²) in [5, 5.41) is 13.8. The minimum atomic E-state index is -0.936. The van der Waals surface area contributed by atoms with Gasteiger partial charge in [0.05, 0.1) is 36.6 Å². The van der Waals surface area contributed by atoms with Crippen LogP contribution in [-0.2, 0) is 4.74 Å². The summed E-state index contributed by atoms with van der Waals surface area (Å²) in [7, 11) is 0. The van der Waals surface area contributed by atoms with Crippen LogP contribution in [-0.4, -0.2) is 74.9 Å². The Balaban J connectivity index is 1.53. The van der Waals surface area contributed by atoms with Gasteiger partial charge in [0.1, 0.15) is 0 Å². The number of aromatic carboxylic acids is 1. The van der Waals surface area contributed by atoms with E-state index in [0.29, 0.717) is 0 Å². The summed E-state index contributed by atoms with van der Waals surface area (Å²) in [6.07, 6.45) is 1.81. The molecule has 9 heteroatoms. The number of aromatic nitrogens is 2. The molecule has 2 atom stereocenters. The number of nitrogens with one attached hydrogen (secondary N) is 1. The van der Waals surface area contributed by atoms with E-state index in [9.17, 15) is 9.90 Å². The van der Waals surface area contributed by atoms with Crippen LogP contribution in [0.1, 0.15) is 45.1 Å². The van der Waals surface area contributed by atoms with Crippen molar-refractivity contribution in [1.82, 2.24) is 24.7 Å². The highest BCUT2D eigenvalue weighted by Crippen LogP contribution is 2.41. The van der Waals surface area contributed by atoms with Gasteiger partial charge >= 0.3 is 5.97 Å². The van der Waals surface area contributed by atoms with Crippen LogP contribution in [0.5, 0.6) is 0 Å². The molecule has 0 spiro atoms. The van der Waals surface area contributed by atoms with E-state index in [-0.39, 0.29) is 17.6 Å². The molecule has 188 valence electrons. The third-order valence-corrected chi connectivity index (χ3v) is 7.45. The first kappa shape index (κ1) is 24.4. The smallest absolute Gasteiger partial charge is 0.335 e. The zero-order valence-corrected chi connectivity index (χ0v) is 21.4. The molecule has 0 aliphatic carbocycles. The number of aryl methyl sites for hydroxylation is 1. The van der Waals surface area contributed by atoms with Crippen LogP contribution in [0.15, 0.2) is 54.7 Å². The van der Waals surface area contributed by atoms with Crippen LogP contribution in [0.2, 0.25) is 0 Å². The van der Waals surface area contributed by atoms with Crippen molar-refractivity contribution < 1.29 is 14.6 Å². The summed E-state index contributed by atoms with van der Waals surface area (Å²) in [5.74, 6) is -0.936. The van der Waals surface area contributed by atoms with Crippen LogP contribution >= 0.6 is 12.2 Å². The summed E-state index contributed by atoms with van der Waals surface area (Å²) in [6, 6.07) is 15.1. The SMILES string of the molecule is Cc1cc([C@H]2[C@H](c3ccccn3)NC(=S)N2CCN2CCOCC2)c(C)n1-c1cccc(C(=O)O)c1. The van der Waals surface area contributed by atoms with Crippen molar-refractivity contribution in [3.05, 3.63) is 82.9 Å². The lowest BCUT2D eigenvalue weighted by Gasteiger charge is -2.32. The molecular formula is C27H31N5O3S. The number of ether oxygens (including phenoxy) is 1. The quantitative estimate of drug-likeness (QED) is 0.473. The molecular weight excluding hydrogens is 474 g/mol. The largest absolute Gasteiger partial charge is 0.478 e. The minimum absolute atomic E-state index is 0.0453. The zero-order chi connectivity index (χ0) is 25.2. The number of thiocarbonyl (C=S) groups is 1. The van der Waals surface area contributed by atoms with Crippen molar-refractivity contribution in [3.63, 3.8) is 0 Å². The number of carboxylic acid groups (broad SMARTS) is 1. The number of hydrogen-bond donors (Lipinski definition) is 2.